The molecule has 0 saturated carbocycles. The monoisotopic (exact) mass is 229 g/mol. The smallest absolute Gasteiger partial charge is 0.128 e. The zero-order valence-electron chi connectivity index (χ0n) is 8.97. The van der Waals surface area contributed by atoms with Gasteiger partial charge in [-0.15, -0.1) is 0 Å². The van der Waals surface area contributed by atoms with E-state index in [0.717, 1.165) is 25.7 Å². The van der Waals surface area contributed by atoms with Crippen LogP contribution >= 0.6 is 11.6 Å². The second-order valence-electron chi connectivity index (χ2n) is 3.77. The fraction of sp³-hybridized carbons (Fsp3) is 0.500. The second-order valence-corrected chi connectivity index (χ2v) is 4.20. The van der Waals surface area contributed by atoms with Crippen molar-refractivity contribution in [1.29, 1.82) is 0 Å². The maximum absolute atomic E-state index is 13.4. The summed E-state index contributed by atoms with van der Waals surface area (Å²) < 4.78 is 13.4. The van der Waals surface area contributed by atoms with Crippen LogP contribution in [0.25, 0.3) is 0 Å². The van der Waals surface area contributed by atoms with Crippen molar-refractivity contribution >= 4 is 11.6 Å². The molecule has 0 bridgehead atoms. The SMILES string of the molecule is CCCCC[C@@H](N)c1cc(Cl)ccc1F. The van der Waals surface area contributed by atoms with Crippen molar-refractivity contribution in [3.8, 4) is 0 Å². The fourth-order valence-corrected chi connectivity index (χ4v) is 1.75. The Morgan fingerprint density at radius 3 is 2.80 bits per heavy atom. The highest BCUT2D eigenvalue weighted by atomic mass is 35.5. The molecule has 84 valence electrons. The lowest BCUT2D eigenvalue weighted by atomic mass is 10.0. The minimum absolute atomic E-state index is 0.241. The number of nitrogens with two attached hydrogens (primary N) is 1. The van der Waals surface area contributed by atoms with Gasteiger partial charge in [0, 0.05) is 16.6 Å². The maximum atomic E-state index is 13.4. The molecule has 0 aliphatic rings. The van der Waals surface area contributed by atoms with Gasteiger partial charge in [0.25, 0.3) is 0 Å². The van der Waals surface area contributed by atoms with Gasteiger partial charge in [0.2, 0.25) is 0 Å². The highest BCUT2D eigenvalue weighted by Crippen LogP contribution is 2.23. The van der Waals surface area contributed by atoms with Gasteiger partial charge in [0.1, 0.15) is 5.82 Å². The van der Waals surface area contributed by atoms with Crippen LogP contribution in [0.3, 0.4) is 0 Å². The van der Waals surface area contributed by atoms with E-state index in [0.29, 0.717) is 10.6 Å². The van der Waals surface area contributed by atoms with Gasteiger partial charge >= 0.3 is 0 Å². The van der Waals surface area contributed by atoms with Crippen molar-refractivity contribution in [2.75, 3.05) is 0 Å². The molecule has 1 aromatic rings. The van der Waals surface area contributed by atoms with E-state index in [-0.39, 0.29) is 11.9 Å². The molecule has 3 heteroatoms. The number of hydrogen-bond donors (Lipinski definition) is 1. The number of benzene rings is 1. The molecule has 0 unspecified atom stereocenters. The Labute approximate surface area is 95.4 Å². The minimum atomic E-state index is -0.261. The number of hydrogen-bond acceptors (Lipinski definition) is 1. The van der Waals surface area contributed by atoms with Crippen molar-refractivity contribution < 1.29 is 4.39 Å². The summed E-state index contributed by atoms with van der Waals surface area (Å²) in [5, 5.41) is 0.539. The summed E-state index contributed by atoms with van der Waals surface area (Å²) in [7, 11) is 0. The molecular formula is C12H17ClFN. The Bertz CT molecular complexity index is 314. The highest BCUT2D eigenvalue weighted by molar-refractivity contribution is 6.30. The number of halogens is 2. The average molecular weight is 230 g/mol. The van der Waals surface area contributed by atoms with Crippen molar-refractivity contribution in [2.45, 2.75) is 38.6 Å². The van der Waals surface area contributed by atoms with E-state index in [1.165, 1.54) is 6.07 Å². The third-order valence-corrected chi connectivity index (χ3v) is 2.71. The van der Waals surface area contributed by atoms with Gasteiger partial charge in [-0.05, 0) is 24.6 Å². The zero-order valence-corrected chi connectivity index (χ0v) is 9.73. The van der Waals surface area contributed by atoms with Crippen LogP contribution in [0.4, 0.5) is 4.39 Å². The number of rotatable bonds is 5. The summed E-state index contributed by atoms with van der Waals surface area (Å²) in [6.07, 6.45) is 4.12. The lowest BCUT2D eigenvalue weighted by Crippen LogP contribution is -2.12. The van der Waals surface area contributed by atoms with Gasteiger partial charge in [-0.25, -0.2) is 4.39 Å². The van der Waals surface area contributed by atoms with Crippen molar-refractivity contribution in [1.82, 2.24) is 0 Å². The van der Waals surface area contributed by atoms with Crippen molar-refractivity contribution in [3.63, 3.8) is 0 Å². The van der Waals surface area contributed by atoms with Crippen LogP contribution in [0, 0.1) is 5.82 Å². The highest BCUT2D eigenvalue weighted by Gasteiger charge is 2.11. The standard InChI is InChI=1S/C12H17ClFN/c1-2-3-4-5-12(15)10-8-9(13)6-7-11(10)14/h6-8,12H,2-5,15H2,1H3/t12-/m1/s1. The Morgan fingerprint density at radius 1 is 1.40 bits per heavy atom. The van der Waals surface area contributed by atoms with Crippen molar-refractivity contribution in [2.24, 2.45) is 5.73 Å². The van der Waals surface area contributed by atoms with Crippen LogP contribution in [0.5, 0.6) is 0 Å². The van der Waals surface area contributed by atoms with E-state index >= 15 is 0 Å². The fourth-order valence-electron chi connectivity index (χ4n) is 1.57. The lowest BCUT2D eigenvalue weighted by molar-refractivity contribution is 0.539. The number of unbranched alkanes of at least 4 members (excludes halogenated alkanes) is 2. The first-order chi connectivity index (χ1) is 7.15. The largest absolute Gasteiger partial charge is 0.324 e. The molecular weight excluding hydrogens is 213 g/mol. The van der Waals surface area contributed by atoms with Crippen LogP contribution in [-0.2, 0) is 0 Å². The first kappa shape index (κ1) is 12.5. The molecule has 0 amide bonds. The van der Waals surface area contributed by atoms with Gasteiger partial charge in [-0.3, -0.25) is 0 Å². The van der Waals surface area contributed by atoms with E-state index < -0.39 is 0 Å². The summed E-state index contributed by atoms with van der Waals surface area (Å²) in [5.74, 6) is -0.261. The molecule has 0 fully saturated rings. The molecule has 0 radical (unpaired) electrons. The van der Waals surface area contributed by atoms with Crippen LogP contribution in [-0.4, -0.2) is 0 Å². The predicted octanol–water partition coefficient (Wildman–Crippen LogP) is 4.06. The lowest BCUT2D eigenvalue weighted by Gasteiger charge is -2.12. The topological polar surface area (TPSA) is 26.0 Å². The molecule has 2 N–H and O–H groups in total. The zero-order chi connectivity index (χ0) is 11.3. The molecule has 0 aliphatic carbocycles. The third-order valence-electron chi connectivity index (χ3n) is 2.48. The summed E-state index contributed by atoms with van der Waals surface area (Å²) in [4.78, 5) is 0. The van der Waals surface area contributed by atoms with Crippen LogP contribution in [0.1, 0.15) is 44.2 Å². The van der Waals surface area contributed by atoms with E-state index in [4.69, 9.17) is 17.3 Å². The van der Waals surface area contributed by atoms with Gasteiger partial charge in [0.15, 0.2) is 0 Å². The molecule has 0 saturated heterocycles. The van der Waals surface area contributed by atoms with Crippen molar-refractivity contribution in [3.05, 3.63) is 34.6 Å². The summed E-state index contributed by atoms with van der Waals surface area (Å²) >= 11 is 5.80. The Kier molecular flexibility index (Phi) is 5.06. The van der Waals surface area contributed by atoms with Gasteiger partial charge in [0.05, 0.1) is 0 Å². The van der Waals surface area contributed by atoms with Gasteiger partial charge in [-0.2, -0.15) is 0 Å². The van der Waals surface area contributed by atoms with E-state index in [1.54, 1.807) is 12.1 Å². The Morgan fingerprint density at radius 2 is 2.13 bits per heavy atom. The van der Waals surface area contributed by atoms with E-state index in [1.807, 2.05) is 0 Å². The Balaban J connectivity index is 2.64. The van der Waals surface area contributed by atoms with Crippen LogP contribution in [0.2, 0.25) is 5.02 Å². The van der Waals surface area contributed by atoms with Gasteiger partial charge < -0.3 is 5.73 Å². The quantitative estimate of drug-likeness (QED) is 0.758. The molecule has 1 aromatic carbocycles. The Hall–Kier alpha value is -0.600. The summed E-state index contributed by atoms with van der Waals surface area (Å²) in [5.41, 5.74) is 6.43. The molecule has 1 nitrogen and oxygen atoms in total. The molecule has 0 aliphatic heterocycles. The first-order valence-corrected chi connectivity index (χ1v) is 5.73. The molecule has 1 rings (SSSR count). The molecule has 1 atom stereocenters. The molecule has 15 heavy (non-hydrogen) atoms. The van der Waals surface area contributed by atoms with Crippen LogP contribution < -0.4 is 5.73 Å². The molecule has 0 spiro atoms. The predicted molar refractivity (Wildman–Crippen MR) is 62.5 cm³/mol. The average Bonchev–Trinajstić information content (AvgIpc) is 2.22. The first-order valence-electron chi connectivity index (χ1n) is 5.35. The normalized spacial score (nSPS) is 12.8. The molecule has 0 heterocycles. The summed E-state index contributed by atoms with van der Waals surface area (Å²) in [6.45, 7) is 2.13. The maximum Gasteiger partial charge on any atom is 0.128 e. The molecule has 0 aromatic heterocycles. The summed E-state index contributed by atoms with van der Waals surface area (Å²) in [6, 6.07) is 4.29. The van der Waals surface area contributed by atoms with E-state index in [9.17, 15) is 4.39 Å². The van der Waals surface area contributed by atoms with Gasteiger partial charge in [-0.1, -0.05) is 37.8 Å². The second kappa shape index (κ2) is 6.09. The van der Waals surface area contributed by atoms with E-state index in [2.05, 4.69) is 6.92 Å². The third kappa shape index (κ3) is 3.80. The van der Waals surface area contributed by atoms with Crippen LogP contribution in [0.15, 0.2) is 18.2 Å². The minimum Gasteiger partial charge on any atom is -0.324 e.